The minimum absolute atomic E-state index is 0.00707. The van der Waals surface area contributed by atoms with Crippen LogP contribution < -0.4 is 9.80 Å². The highest BCUT2D eigenvalue weighted by atomic mass is 32.1. The van der Waals surface area contributed by atoms with Crippen LogP contribution in [0.25, 0.3) is 0 Å². The molecule has 4 heterocycles. The van der Waals surface area contributed by atoms with Gasteiger partial charge in [0.25, 0.3) is 5.91 Å². The molecule has 4 fully saturated rings. The Labute approximate surface area is 348 Å². The van der Waals surface area contributed by atoms with Gasteiger partial charge < -0.3 is 24.4 Å². The van der Waals surface area contributed by atoms with Crippen molar-refractivity contribution in [2.75, 3.05) is 24.0 Å². The Morgan fingerprint density at radius 1 is 0.649 bits per heavy atom. The van der Waals surface area contributed by atoms with E-state index in [0.717, 1.165) is 41.9 Å². The molecule has 3 atom stereocenters. The summed E-state index contributed by atoms with van der Waals surface area (Å²) in [5.74, 6) is 12.6. The maximum absolute atomic E-state index is 13.1. The van der Waals surface area contributed by atoms with Crippen molar-refractivity contribution in [3.8, 4) is 23.7 Å². The summed E-state index contributed by atoms with van der Waals surface area (Å²) in [6.07, 6.45) is 14.5. The van der Waals surface area contributed by atoms with E-state index in [4.69, 9.17) is 9.47 Å². The van der Waals surface area contributed by atoms with Gasteiger partial charge in [0.05, 0.1) is 35.3 Å². The van der Waals surface area contributed by atoms with Gasteiger partial charge in [-0.05, 0) is 117 Å². The number of esters is 2. The number of ether oxygens (including phenoxy) is 2. The van der Waals surface area contributed by atoms with Gasteiger partial charge in [0.1, 0.15) is 15.9 Å². The fraction of sp³-hybridized carbons (Fsp3) is 0.652. The summed E-state index contributed by atoms with van der Waals surface area (Å²) in [6.45, 7) is 12.3. The number of carbonyl (C=O) groups excluding carboxylic acids is 4. The monoisotopic (exact) mass is 818 g/mol. The topological polar surface area (TPSA) is 113 Å². The first-order chi connectivity index (χ1) is 27.0. The summed E-state index contributed by atoms with van der Waals surface area (Å²) >= 11 is 2.59. The number of aliphatic hydroxyl groups excluding tert-OH is 1. The molecule has 0 radical (unpaired) electrons. The molecule has 0 aromatic carbocycles. The molecule has 2 amide bonds. The molecule has 1 N–H and O–H groups in total. The number of thiophene rings is 2. The Morgan fingerprint density at radius 2 is 1.09 bits per heavy atom. The Kier molecular flexibility index (Phi) is 15.1. The Morgan fingerprint density at radius 3 is 1.53 bits per heavy atom. The van der Waals surface area contributed by atoms with Crippen molar-refractivity contribution >= 4 is 57.8 Å². The zero-order valence-electron chi connectivity index (χ0n) is 35.3. The summed E-state index contributed by atoms with van der Waals surface area (Å²) in [5.41, 5.74) is 0.952. The summed E-state index contributed by atoms with van der Waals surface area (Å²) in [5, 5.41) is 10.3. The third-order valence-electron chi connectivity index (χ3n) is 11.3. The standard InChI is InChI=1S/C23H31NO4S.C23H31NO3S/c1-23(2,3)13-12-16-14-18(20(29-16)22(27)28-4)24-17(10-11-19(25)21(24)26)15-8-6-5-7-9-15;1-23(2,3)14-13-17-15-19(21(28-17)22(26)27-4)24-18(11-8-12-20(24)25)16-9-6-5-7-10-16/h14-15,17,19,25H,5-11H2,1-4H3;15-16,18H,5-12H2,1-4H3/t17-,19-;18-/m00/s1. The van der Waals surface area contributed by atoms with Crippen LogP contribution in [0.15, 0.2) is 12.1 Å². The van der Waals surface area contributed by atoms with Gasteiger partial charge in [0.15, 0.2) is 0 Å². The van der Waals surface area contributed by atoms with Crippen LogP contribution in [0.5, 0.6) is 0 Å². The van der Waals surface area contributed by atoms with Crippen molar-refractivity contribution in [1.29, 1.82) is 0 Å². The molecule has 0 bridgehead atoms. The smallest absolute Gasteiger partial charge is 0.350 e. The minimum atomic E-state index is -1.02. The first-order valence-corrected chi connectivity index (χ1v) is 22.5. The average Bonchev–Trinajstić information content (AvgIpc) is 3.82. The first-order valence-electron chi connectivity index (χ1n) is 20.8. The maximum Gasteiger partial charge on any atom is 0.350 e. The average molecular weight is 819 g/mol. The van der Waals surface area contributed by atoms with E-state index in [1.54, 1.807) is 4.90 Å². The first kappa shape index (κ1) is 44.5. The molecule has 11 heteroatoms. The number of piperidine rings is 2. The number of nitrogens with zero attached hydrogens (tertiary/aromatic N) is 2. The number of anilines is 2. The van der Waals surface area contributed by atoms with Gasteiger partial charge >= 0.3 is 11.9 Å². The molecule has 2 saturated carbocycles. The molecule has 9 nitrogen and oxygen atoms in total. The molecule has 2 aliphatic carbocycles. The fourth-order valence-electron chi connectivity index (χ4n) is 8.56. The van der Waals surface area contributed by atoms with Crippen molar-refractivity contribution < 1.29 is 33.8 Å². The molecule has 0 spiro atoms. The van der Waals surface area contributed by atoms with Crippen LogP contribution in [0.4, 0.5) is 11.4 Å². The van der Waals surface area contributed by atoms with Gasteiger partial charge in [-0.3, -0.25) is 9.59 Å². The van der Waals surface area contributed by atoms with E-state index in [-0.39, 0.29) is 40.7 Å². The lowest BCUT2D eigenvalue weighted by Crippen LogP contribution is -2.54. The molecule has 57 heavy (non-hydrogen) atoms. The predicted octanol–water partition coefficient (Wildman–Crippen LogP) is 9.77. The largest absolute Gasteiger partial charge is 0.465 e. The lowest BCUT2D eigenvalue weighted by atomic mass is 9.79. The lowest BCUT2D eigenvalue weighted by Gasteiger charge is -2.43. The second-order valence-electron chi connectivity index (χ2n) is 18.0. The lowest BCUT2D eigenvalue weighted by molar-refractivity contribution is -0.130. The van der Waals surface area contributed by atoms with Crippen LogP contribution in [-0.2, 0) is 19.1 Å². The molecular weight excluding hydrogens is 757 g/mol. The molecule has 2 saturated heterocycles. The van der Waals surface area contributed by atoms with Gasteiger partial charge in [-0.2, -0.15) is 0 Å². The Hall–Kier alpha value is -3.64. The van der Waals surface area contributed by atoms with E-state index in [1.165, 1.54) is 88.3 Å². The van der Waals surface area contributed by atoms with E-state index in [2.05, 4.69) is 44.5 Å². The van der Waals surface area contributed by atoms with Crippen LogP contribution in [0.1, 0.15) is 167 Å². The Balaban J connectivity index is 0.000000218. The Bertz CT molecular complexity index is 1880. The van der Waals surface area contributed by atoms with E-state index in [0.29, 0.717) is 45.8 Å². The van der Waals surface area contributed by atoms with Gasteiger partial charge in [-0.25, -0.2) is 9.59 Å². The van der Waals surface area contributed by atoms with Crippen LogP contribution in [-0.4, -0.2) is 61.3 Å². The number of hydrogen-bond donors (Lipinski definition) is 1. The van der Waals surface area contributed by atoms with E-state index in [9.17, 15) is 24.3 Å². The number of hydrogen-bond acceptors (Lipinski definition) is 9. The molecule has 310 valence electrons. The van der Waals surface area contributed by atoms with E-state index >= 15 is 0 Å². The normalized spacial score (nSPS) is 22.4. The quantitative estimate of drug-likeness (QED) is 0.228. The van der Waals surface area contributed by atoms with Crippen LogP contribution in [0.2, 0.25) is 0 Å². The highest BCUT2D eigenvalue weighted by Gasteiger charge is 2.42. The number of methoxy groups -OCH3 is 2. The zero-order chi connectivity index (χ0) is 41.5. The number of carbonyl (C=O) groups is 4. The highest BCUT2D eigenvalue weighted by Crippen LogP contribution is 2.42. The number of rotatable bonds is 6. The van der Waals surface area contributed by atoms with Crippen molar-refractivity contribution in [2.45, 2.75) is 156 Å². The molecule has 6 rings (SSSR count). The molecular formula is C46H62N2O7S2. The SMILES string of the molecule is COC(=O)c1sc(C#CC(C)(C)C)cc1N1C(=O)CCC[C@H]1C1CCCCC1.COC(=O)c1sc(C#CC(C)(C)C)cc1N1C(=O)[C@@H](O)CC[C@H]1C1CCCCC1. The van der Waals surface area contributed by atoms with E-state index < -0.39 is 12.1 Å². The predicted molar refractivity (Wildman–Crippen MR) is 229 cm³/mol. The van der Waals surface area contributed by atoms with Gasteiger partial charge in [0, 0.05) is 29.3 Å². The van der Waals surface area contributed by atoms with Crippen LogP contribution in [0, 0.1) is 46.3 Å². The van der Waals surface area contributed by atoms with Crippen molar-refractivity contribution in [3.63, 3.8) is 0 Å². The fourth-order valence-corrected chi connectivity index (χ4v) is 10.4. The maximum atomic E-state index is 13.1. The number of aliphatic hydroxyl groups is 1. The molecule has 2 aromatic heterocycles. The van der Waals surface area contributed by atoms with Crippen LogP contribution >= 0.6 is 22.7 Å². The number of amides is 2. The van der Waals surface area contributed by atoms with Gasteiger partial charge in [-0.1, -0.05) is 62.2 Å². The summed E-state index contributed by atoms with van der Waals surface area (Å²) in [6, 6.07) is 3.94. The second-order valence-corrected chi connectivity index (χ2v) is 20.1. The van der Waals surface area contributed by atoms with Gasteiger partial charge in [-0.15, -0.1) is 22.7 Å². The zero-order valence-corrected chi connectivity index (χ0v) is 36.9. The molecule has 2 aromatic rings. The molecule has 0 unspecified atom stereocenters. The second kappa shape index (κ2) is 19.4. The van der Waals surface area contributed by atoms with Gasteiger partial charge in [0.2, 0.25) is 5.91 Å². The summed E-state index contributed by atoms with van der Waals surface area (Å²) in [4.78, 5) is 57.1. The summed E-state index contributed by atoms with van der Waals surface area (Å²) < 4.78 is 10.0. The van der Waals surface area contributed by atoms with E-state index in [1.807, 2.05) is 37.8 Å². The minimum Gasteiger partial charge on any atom is -0.465 e. The van der Waals surface area contributed by atoms with Crippen molar-refractivity contribution in [2.24, 2.45) is 22.7 Å². The third-order valence-corrected chi connectivity index (χ3v) is 13.3. The molecule has 2 aliphatic heterocycles. The highest BCUT2D eigenvalue weighted by molar-refractivity contribution is 7.15. The third kappa shape index (κ3) is 11.5. The molecule has 4 aliphatic rings. The van der Waals surface area contributed by atoms with Crippen molar-refractivity contribution in [3.05, 3.63) is 31.6 Å². The van der Waals surface area contributed by atoms with Crippen molar-refractivity contribution in [1.82, 2.24) is 0 Å². The summed E-state index contributed by atoms with van der Waals surface area (Å²) in [7, 11) is 2.74. The van der Waals surface area contributed by atoms with Crippen LogP contribution in [0.3, 0.4) is 0 Å².